The number of nitrogens with one attached hydrogen (secondary N) is 2. The van der Waals surface area contributed by atoms with Crippen LogP contribution >= 0.6 is 0 Å². The summed E-state index contributed by atoms with van der Waals surface area (Å²) in [5.74, 6) is -1.89. The summed E-state index contributed by atoms with van der Waals surface area (Å²) in [5, 5.41) is 15.1. The van der Waals surface area contributed by atoms with Crippen molar-refractivity contribution in [3.05, 3.63) is 12.4 Å². The van der Waals surface area contributed by atoms with Crippen molar-refractivity contribution in [2.24, 2.45) is 0 Å². The van der Waals surface area contributed by atoms with E-state index in [1.54, 1.807) is 0 Å². The van der Waals surface area contributed by atoms with Crippen molar-refractivity contribution in [3.63, 3.8) is 0 Å². The lowest BCUT2D eigenvalue weighted by atomic mass is 10.5. The summed E-state index contributed by atoms with van der Waals surface area (Å²) in [5.41, 5.74) is 0.194. The van der Waals surface area contributed by atoms with E-state index in [1.165, 1.54) is 17.1 Å². The fourth-order valence-electron chi connectivity index (χ4n) is 1.60. The number of amides is 1. The van der Waals surface area contributed by atoms with Crippen molar-refractivity contribution in [1.82, 2.24) is 15.1 Å². The summed E-state index contributed by atoms with van der Waals surface area (Å²) in [6.07, 6.45) is 4.14. The van der Waals surface area contributed by atoms with Crippen LogP contribution in [-0.2, 0) is 26.2 Å². The number of carbonyl (C=O) groups excluding carboxylic acids is 1. The molecule has 0 aliphatic heterocycles. The molecule has 0 saturated heterocycles. The van der Waals surface area contributed by atoms with Gasteiger partial charge in [-0.05, 0) is 12.8 Å². The highest BCUT2D eigenvalue weighted by molar-refractivity contribution is 7.92. The van der Waals surface area contributed by atoms with Crippen LogP contribution < -0.4 is 10.0 Å². The van der Waals surface area contributed by atoms with Gasteiger partial charge in [-0.15, -0.1) is 0 Å². The van der Waals surface area contributed by atoms with Crippen molar-refractivity contribution < 1.29 is 23.1 Å². The van der Waals surface area contributed by atoms with E-state index in [1.807, 2.05) is 0 Å². The zero-order chi connectivity index (χ0) is 15.5. The van der Waals surface area contributed by atoms with Gasteiger partial charge < -0.3 is 10.4 Å². The molecule has 1 aromatic rings. The van der Waals surface area contributed by atoms with Crippen molar-refractivity contribution in [2.45, 2.75) is 31.8 Å². The summed E-state index contributed by atoms with van der Waals surface area (Å²) < 4.78 is 26.7. The van der Waals surface area contributed by atoms with E-state index in [0.29, 0.717) is 0 Å². The third kappa shape index (κ3) is 5.42. The summed E-state index contributed by atoms with van der Waals surface area (Å²) in [7, 11) is -3.74. The Balaban J connectivity index is 1.86. The maximum atomic E-state index is 11.6. The summed E-state index contributed by atoms with van der Waals surface area (Å²) in [6, 6.07) is 0.252. The molecule has 1 heterocycles. The Morgan fingerprint density at radius 1 is 1.43 bits per heavy atom. The number of carbonyl (C=O) groups is 2. The molecule has 9 nitrogen and oxygen atoms in total. The molecule has 1 fully saturated rings. The van der Waals surface area contributed by atoms with Crippen LogP contribution in [0, 0.1) is 0 Å². The van der Waals surface area contributed by atoms with Crippen LogP contribution in [0.15, 0.2) is 12.4 Å². The van der Waals surface area contributed by atoms with Crippen LogP contribution in [0.5, 0.6) is 0 Å². The molecular formula is C11H16N4O5S. The minimum atomic E-state index is -3.74. The van der Waals surface area contributed by atoms with Gasteiger partial charge in [-0.25, -0.2) is 8.42 Å². The van der Waals surface area contributed by atoms with Gasteiger partial charge in [0.25, 0.3) is 0 Å². The largest absolute Gasteiger partial charge is 0.481 e. The van der Waals surface area contributed by atoms with Crippen molar-refractivity contribution in [3.8, 4) is 0 Å². The predicted molar refractivity (Wildman–Crippen MR) is 73.1 cm³/mol. The molecule has 2 rings (SSSR count). The number of aromatic nitrogens is 2. The van der Waals surface area contributed by atoms with Crippen LogP contribution in [0.3, 0.4) is 0 Å². The average molecular weight is 316 g/mol. The quantitative estimate of drug-likeness (QED) is 0.586. The molecule has 10 heteroatoms. The summed E-state index contributed by atoms with van der Waals surface area (Å²) in [6.45, 7) is 0.00730. The highest BCUT2D eigenvalue weighted by Gasteiger charge is 2.23. The van der Waals surface area contributed by atoms with Gasteiger partial charge in [-0.1, -0.05) is 0 Å². The van der Waals surface area contributed by atoms with Crippen molar-refractivity contribution in [2.75, 3.05) is 10.5 Å². The van der Waals surface area contributed by atoms with E-state index >= 15 is 0 Å². The molecule has 21 heavy (non-hydrogen) atoms. The van der Waals surface area contributed by atoms with Crippen molar-refractivity contribution in [1.29, 1.82) is 0 Å². The summed E-state index contributed by atoms with van der Waals surface area (Å²) >= 11 is 0. The second-order valence-corrected chi connectivity index (χ2v) is 6.67. The van der Waals surface area contributed by atoms with Gasteiger partial charge in [0.15, 0.2) is 0 Å². The molecule has 1 aliphatic carbocycles. The van der Waals surface area contributed by atoms with E-state index < -0.39 is 28.2 Å². The highest BCUT2D eigenvalue weighted by Crippen LogP contribution is 2.18. The molecule has 1 aliphatic rings. The third-order valence-electron chi connectivity index (χ3n) is 2.74. The number of sulfonamides is 1. The highest BCUT2D eigenvalue weighted by atomic mass is 32.2. The minimum absolute atomic E-state index is 0.00730. The first-order valence-electron chi connectivity index (χ1n) is 6.38. The standard InChI is InChI=1S/C11H16N4O5S/c16-10(13-8-1-2-8)7-15-6-9(5-12-15)14-21(19,20)4-3-11(17)18/h5-6,8,14H,1-4,7H2,(H,13,16)(H,17,18). The van der Waals surface area contributed by atoms with Gasteiger partial charge in [0.1, 0.15) is 6.54 Å². The predicted octanol–water partition coefficient (Wildman–Crippen LogP) is -0.622. The number of carboxylic acids is 1. The normalized spacial score (nSPS) is 14.7. The van der Waals surface area contributed by atoms with Gasteiger partial charge in [0, 0.05) is 12.2 Å². The Bertz CT molecular complexity index is 635. The molecule has 3 N–H and O–H groups in total. The number of hydrogen-bond acceptors (Lipinski definition) is 5. The molecule has 1 aromatic heterocycles. The molecule has 1 amide bonds. The van der Waals surface area contributed by atoms with Crippen LogP contribution in [0.2, 0.25) is 0 Å². The zero-order valence-electron chi connectivity index (χ0n) is 11.2. The number of carboxylic acid groups (broad SMARTS) is 1. The zero-order valence-corrected chi connectivity index (χ0v) is 12.0. The topological polar surface area (TPSA) is 130 Å². The van der Waals surface area contributed by atoms with E-state index in [0.717, 1.165) is 12.8 Å². The van der Waals surface area contributed by atoms with Gasteiger partial charge in [-0.2, -0.15) is 5.10 Å². The van der Waals surface area contributed by atoms with Gasteiger partial charge >= 0.3 is 5.97 Å². The maximum absolute atomic E-state index is 11.6. The number of aliphatic carboxylic acids is 1. The second-order valence-electron chi connectivity index (χ2n) is 4.83. The van der Waals surface area contributed by atoms with Gasteiger partial charge in [0.2, 0.25) is 15.9 Å². The monoisotopic (exact) mass is 316 g/mol. The van der Waals surface area contributed by atoms with Crippen LogP contribution in [0.1, 0.15) is 19.3 Å². The first-order chi connectivity index (χ1) is 9.84. The molecule has 0 spiro atoms. The average Bonchev–Trinajstić information content (AvgIpc) is 3.07. The van der Waals surface area contributed by atoms with Crippen LogP contribution in [-0.4, -0.2) is 47.0 Å². The minimum Gasteiger partial charge on any atom is -0.481 e. The molecular weight excluding hydrogens is 300 g/mol. The number of hydrogen-bond donors (Lipinski definition) is 3. The maximum Gasteiger partial charge on any atom is 0.304 e. The Labute approximate surface area is 121 Å². The van der Waals surface area contributed by atoms with E-state index in [9.17, 15) is 18.0 Å². The molecule has 0 aromatic carbocycles. The van der Waals surface area contributed by atoms with E-state index in [2.05, 4.69) is 15.1 Å². The molecule has 0 bridgehead atoms. The molecule has 116 valence electrons. The molecule has 0 unspecified atom stereocenters. The lowest BCUT2D eigenvalue weighted by Gasteiger charge is -2.04. The smallest absolute Gasteiger partial charge is 0.304 e. The van der Waals surface area contributed by atoms with Gasteiger partial charge in [0.05, 0.1) is 24.1 Å². The number of anilines is 1. The van der Waals surface area contributed by atoms with Gasteiger partial charge in [-0.3, -0.25) is 19.0 Å². The fraction of sp³-hybridized carbons (Fsp3) is 0.545. The van der Waals surface area contributed by atoms with Crippen molar-refractivity contribution >= 4 is 27.6 Å². The fourth-order valence-corrected chi connectivity index (χ4v) is 2.61. The lowest BCUT2D eigenvalue weighted by molar-refractivity contribution is -0.136. The Morgan fingerprint density at radius 3 is 2.76 bits per heavy atom. The molecule has 1 saturated carbocycles. The number of rotatable bonds is 8. The van der Waals surface area contributed by atoms with E-state index in [-0.39, 0.29) is 24.2 Å². The Kier molecular flexibility index (Phi) is 4.46. The van der Waals surface area contributed by atoms with Crippen LogP contribution in [0.4, 0.5) is 5.69 Å². The summed E-state index contributed by atoms with van der Waals surface area (Å²) in [4.78, 5) is 21.9. The molecule has 0 atom stereocenters. The Morgan fingerprint density at radius 2 is 2.14 bits per heavy atom. The first kappa shape index (κ1) is 15.3. The Hall–Kier alpha value is -2.10. The first-order valence-corrected chi connectivity index (χ1v) is 8.03. The van der Waals surface area contributed by atoms with E-state index in [4.69, 9.17) is 5.11 Å². The SMILES string of the molecule is O=C(O)CCS(=O)(=O)Nc1cnn(CC(=O)NC2CC2)c1. The second kappa shape index (κ2) is 6.12. The third-order valence-corrected chi connectivity index (χ3v) is 4.03. The lowest BCUT2D eigenvalue weighted by Crippen LogP contribution is -2.29. The molecule has 0 radical (unpaired) electrons. The number of nitrogens with zero attached hydrogens (tertiary/aromatic N) is 2. The van der Waals surface area contributed by atoms with Crippen LogP contribution in [0.25, 0.3) is 0 Å².